The molecular formula is C20H24N2O3. The largest absolute Gasteiger partial charge is 0.497 e. The van der Waals surface area contributed by atoms with Gasteiger partial charge in [-0.3, -0.25) is 4.79 Å². The van der Waals surface area contributed by atoms with E-state index in [0.717, 1.165) is 5.56 Å². The van der Waals surface area contributed by atoms with Crippen LogP contribution < -0.4 is 14.8 Å². The van der Waals surface area contributed by atoms with Crippen LogP contribution in [0.4, 0.5) is 5.69 Å². The molecule has 0 aliphatic heterocycles. The predicted molar refractivity (Wildman–Crippen MR) is 99.4 cm³/mol. The quantitative estimate of drug-likeness (QED) is 0.805. The number of nitrogens with one attached hydrogen (secondary N) is 1. The van der Waals surface area contributed by atoms with Gasteiger partial charge in [-0.05, 0) is 44.4 Å². The molecule has 5 heteroatoms. The van der Waals surface area contributed by atoms with Crippen molar-refractivity contribution < 1.29 is 14.3 Å². The molecular weight excluding hydrogens is 316 g/mol. The summed E-state index contributed by atoms with van der Waals surface area (Å²) in [5, 5.41) is 2.85. The van der Waals surface area contributed by atoms with E-state index in [2.05, 4.69) is 29.8 Å². The first-order valence-corrected chi connectivity index (χ1v) is 8.42. The first-order valence-electron chi connectivity index (χ1n) is 8.42. The van der Waals surface area contributed by atoms with E-state index in [1.807, 2.05) is 6.08 Å². The Kier molecular flexibility index (Phi) is 4.83. The molecule has 132 valence electrons. The molecule has 1 heterocycles. The second kappa shape index (κ2) is 7.05. The molecule has 1 amide bonds. The Morgan fingerprint density at radius 3 is 2.32 bits per heavy atom. The first kappa shape index (κ1) is 17.1. The highest BCUT2D eigenvalue weighted by molar-refractivity contribution is 6.02. The fourth-order valence-corrected chi connectivity index (χ4v) is 3.09. The van der Waals surface area contributed by atoms with Crippen molar-refractivity contribution in [2.24, 2.45) is 0 Å². The van der Waals surface area contributed by atoms with Crippen molar-refractivity contribution in [3.63, 3.8) is 0 Å². The van der Waals surface area contributed by atoms with E-state index in [1.165, 1.54) is 24.2 Å². The first-order chi connectivity index (χ1) is 12.0. The molecule has 0 saturated heterocycles. The van der Waals surface area contributed by atoms with E-state index >= 15 is 0 Å². The topological polar surface area (TPSA) is 52.5 Å². The van der Waals surface area contributed by atoms with Gasteiger partial charge in [0.2, 0.25) is 5.91 Å². The monoisotopic (exact) mass is 340 g/mol. The SMILES string of the molecule is COc1cc(NC(=O)/C=C/c2cc(C)n(C3CC3)c2C)cc(OC)c1. The highest BCUT2D eigenvalue weighted by Gasteiger charge is 2.26. The average Bonchev–Trinajstić information content (AvgIpc) is 3.38. The maximum Gasteiger partial charge on any atom is 0.248 e. The zero-order chi connectivity index (χ0) is 18.0. The molecule has 0 bridgehead atoms. The number of nitrogens with zero attached hydrogens (tertiary/aromatic N) is 1. The Labute approximate surface area is 148 Å². The Morgan fingerprint density at radius 2 is 1.76 bits per heavy atom. The van der Waals surface area contributed by atoms with Crippen LogP contribution in [-0.2, 0) is 4.79 Å². The molecule has 25 heavy (non-hydrogen) atoms. The lowest BCUT2D eigenvalue weighted by Crippen LogP contribution is -2.08. The minimum atomic E-state index is -0.188. The molecule has 1 aromatic heterocycles. The van der Waals surface area contributed by atoms with Crippen LogP contribution in [0.3, 0.4) is 0 Å². The van der Waals surface area contributed by atoms with E-state index in [1.54, 1.807) is 38.5 Å². The number of rotatable bonds is 6. The average molecular weight is 340 g/mol. The van der Waals surface area contributed by atoms with Crippen LogP contribution >= 0.6 is 0 Å². The fourth-order valence-electron chi connectivity index (χ4n) is 3.09. The number of ether oxygens (including phenoxy) is 2. The third kappa shape index (κ3) is 3.87. The molecule has 0 atom stereocenters. The number of methoxy groups -OCH3 is 2. The van der Waals surface area contributed by atoms with Gasteiger partial charge in [0.1, 0.15) is 11.5 Å². The Morgan fingerprint density at radius 1 is 1.12 bits per heavy atom. The van der Waals surface area contributed by atoms with Crippen molar-refractivity contribution in [2.45, 2.75) is 32.7 Å². The molecule has 1 fully saturated rings. The summed E-state index contributed by atoms with van der Waals surface area (Å²) in [5.41, 5.74) is 4.18. The lowest BCUT2D eigenvalue weighted by Gasteiger charge is -2.08. The van der Waals surface area contributed by atoms with Gasteiger partial charge in [-0.15, -0.1) is 0 Å². The third-order valence-corrected chi connectivity index (χ3v) is 4.47. The third-order valence-electron chi connectivity index (χ3n) is 4.47. The Balaban J connectivity index is 1.72. The zero-order valence-electron chi connectivity index (χ0n) is 15.1. The molecule has 0 spiro atoms. The Bertz CT molecular complexity index is 794. The summed E-state index contributed by atoms with van der Waals surface area (Å²) < 4.78 is 12.8. The highest BCUT2D eigenvalue weighted by Crippen LogP contribution is 2.38. The van der Waals surface area contributed by atoms with Gasteiger partial charge < -0.3 is 19.4 Å². The lowest BCUT2D eigenvalue weighted by molar-refractivity contribution is -0.111. The molecule has 5 nitrogen and oxygen atoms in total. The van der Waals surface area contributed by atoms with E-state index in [9.17, 15) is 4.79 Å². The molecule has 1 aliphatic rings. The molecule has 2 aromatic rings. The van der Waals surface area contributed by atoms with Crippen molar-refractivity contribution >= 4 is 17.7 Å². The van der Waals surface area contributed by atoms with Crippen LogP contribution in [0.15, 0.2) is 30.3 Å². The maximum absolute atomic E-state index is 12.2. The van der Waals surface area contributed by atoms with Crippen molar-refractivity contribution in [3.8, 4) is 11.5 Å². The number of anilines is 1. The van der Waals surface area contributed by atoms with Crippen molar-refractivity contribution in [3.05, 3.63) is 47.3 Å². The zero-order valence-corrected chi connectivity index (χ0v) is 15.1. The van der Waals surface area contributed by atoms with Gasteiger partial charge in [0.05, 0.1) is 14.2 Å². The molecule has 3 rings (SSSR count). The van der Waals surface area contributed by atoms with Crippen LogP contribution in [0.1, 0.15) is 35.8 Å². The number of aryl methyl sites for hydroxylation is 1. The number of benzene rings is 1. The molecule has 0 unspecified atom stereocenters. The summed E-state index contributed by atoms with van der Waals surface area (Å²) >= 11 is 0. The highest BCUT2D eigenvalue weighted by atomic mass is 16.5. The van der Waals surface area contributed by atoms with Crippen LogP contribution in [0.5, 0.6) is 11.5 Å². The van der Waals surface area contributed by atoms with Gasteiger partial charge in [0.15, 0.2) is 0 Å². The minimum Gasteiger partial charge on any atom is -0.497 e. The molecule has 1 N–H and O–H groups in total. The summed E-state index contributed by atoms with van der Waals surface area (Å²) in [6.45, 7) is 4.22. The number of hydrogen-bond donors (Lipinski definition) is 1. The van der Waals surface area contributed by atoms with Crippen LogP contribution in [0, 0.1) is 13.8 Å². The molecule has 1 aromatic carbocycles. The standard InChI is InChI=1S/C20H24N2O3/c1-13-9-15(14(2)22(13)17-6-7-17)5-8-20(23)21-16-10-18(24-3)12-19(11-16)25-4/h5,8-12,17H,6-7H2,1-4H3,(H,21,23)/b8-5+. The summed E-state index contributed by atoms with van der Waals surface area (Å²) in [7, 11) is 3.16. The molecule has 1 saturated carbocycles. The maximum atomic E-state index is 12.2. The van der Waals surface area contributed by atoms with Crippen LogP contribution in [0.25, 0.3) is 6.08 Å². The van der Waals surface area contributed by atoms with Crippen LogP contribution in [-0.4, -0.2) is 24.7 Å². The van der Waals surface area contributed by atoms with E-state index < -0.39 is 0 Å². The number of hydrogen-bond acceptors (Lipinski definition) is 3. The van der Waals surface area contributed by atoms with Gasteiger partial charge in [-0.25, -0.2) is 0 Å². The minimum absolute atomic E-state index is 0.188. The number of carbonyl (C=O) groups excluding carboxylic acids is 1. The van der Waals surface area contributed by atoms with Gasteiger partial charge in [-0.2, -0.15) is 0 Å². The molecule has 0 radical (unpaired) electrons. The Hall–Kier alpha value is -2.69. The van der Waals surface area contributed by atoms with E-state index in [4.69, 9.17) is 9.47 Å². The van der Waals surface area contributed by atoms with Gasteiger partial charge in [0.25, 0.3) is 0 Å². The smallest absolute Gasteiger partial charge is 0.248 e. The number of carbonyl (C=O) groups is 1. The van der Waals surface area contributed by atoms with Crippen molar-refractivity contribution in [1.29, 1.82) is 0 Å². The van der Waals surface area contributed by atoms with Gasteiger partial charge in [0, 0.05) is 47.4 Å². The normalized spacial score (nSPS) is 13.9. The second-order valence-corrected chi connectivity index (χ2v) is 6.35. The van der Waals surface area contributed by atoms with Crippen LogP contribution in [0.2, 0.25) is 0 Å². The van der Waals surface area contributed by atoms with Crippen molar-refractivity contribution in [2.75, 3.05) is 19.5 Å². The summed E-state index contributed by atoms with van der Waals surface area (Å²) in [5.74, 6) is 1.07. The lowest BCUT2D eigenvalue weighted by atomic mass is 10.2. The summed E-state index contributed by atoms with van der Waals surface area (Å²) in [6, 6.07) is 8.05. The summed E-state index contributed by atoms with van der Waals surface area (Å²) in [6.07, 6.45) is 5.92. The predicted octanol–water partition coefficient (Wildman–Crippen LogP) is 4.11. The number of aromatic nitrogens is 1. The second-order valence-electron chi connectivity index (χ2n) is 6.35. The number of amides is 1. The van der Waals surface area contributed by atoms with E-state index in [-0.39, 0.29) is 5.91 Å². The van der Waals surface area contributed by atoms with Crippen molar-refractivity contribution in [1.82, 2.24) is 4.57 Å². The van der Waals surface area contributed by atoms with Gasteiger partial charge in [-0.1, -0.05) is 0 Å². The summed E-state index contributed by atoms with van der Waals surface area (Å²) in [4.78, 5) is 12.2. The fraction of sp³-hybridized carbons (Fsp3) is 0.350. The van der Waals surface area contributed by atoms with Gasteiger partial charge >= 0.3 is 0 Å². The van der Waals surface area contributed by atoms with E-state index in [0.29, 0.717) is 23.2 Å². The molecule has 1 aliphatic carbocycles.